The second kappa shape index (κ2) is 49.9. The molecule has 8 rings (SSSR count). The molecule has 7 aliphatic rings. The molecule has 3 saturated heterocycles. The molecule has 1 aromatic carbocycles. The third-order valence-electron chi connectivity index (χ3n) is 15.2. The average molecular weight is 1390 g/mol. The van der Waals surface area contributed by atoms with Gasteiger partial charge in [0.15, 0.2) is 0 Å². The number of amides is 1. The molecular formula is C72H104F6N6O14. The molecule has 2 aliphatic carbocycles. The lowest BCUT2D eigenvalue weighted by Crippen LogP contribution is -2.39. The number of esters is 2. The van der Waals surface area contributed by atoms with Gasteiger partial charge in [-0.05, 0) is 90.5 Å². The molecule has 5 heterocycles. The normalized spacial score (nSPS) is 20.6. The number of rotatable bonds is 19. The fourth-order valence-corrected chi connectivity index (χ4v) is 9.55. The van der Waals surface area contributed by atoms with Crippen LogP contribution in [-0.2, 0) is 81.5 Å². The van der Waals surface area contributed by atoms with Crippen LogP contribution in [0.25, 0.3) is 0 Å². The smallest absolute Gasteiger partial charge is 0.458 e. The van der Waals surface area contributed by atoms with E-state index < -0.39 is 23.9 Å². The Morgan fingerprint density at radius 1 is 0.724 bits per heavy atom. The molecule has 1 aromatic rings. The molecule has 0 bridgehead atoms. The number of fused-ring (bicyclic) bond motifs is 1. The van der Waals surface area contributed by atoms with Crippen molar-refractivity contribution >= 4 is 29.4 Å². The Hall–Kier alpha value is -7.53. The highest BCUT2D eigenvalue weighted by molar-refractivity contribution is 6.41. The number of halogens is 6. The van der Waals surface area contributed by atoms with Gasteiger partial charge in [0.2, 0.25) is 5.91 Å². The van der Waals surface area contributed by atoms with E-state index in [1.54, 1.807) is 53.6 Å². The number of carbonyl (C=O) groups excluding carboxylic acids is 5. The standard InChI is InChI=1S/C19H25NO4.C13H18N2O.C11H18N2O.C10H14O2.C9H14O2.C4F6O2.C4H9NO.C2H6O/c1-5-14-11-20(12-15(14)7-9-19(21)24-4)13-16-6-8-17(22-2)10-18(16)23-3;1-2-12-8-14-9-13(12)7-11(1)10-15-3-5-16-6-4-15;1-3-9-7-12-8-10(9)5-6-11(14)13-4-2;1-7-4-5-9(6-8(7)2)10(11)12-3;1-5-8(10-3)7-9(6-2)11-4;5-3(6,7)1(11)2(12)4(8,9)10;1-3-6-4-2-5-1;1-2-3/h5-9,17H,1,10-13H2,2-4H3;1-2,7,14H,3-6,8-10H2;3,5-6,9-10,12H,1,4,7-8H2,2H3,(H,13,14);4-8H,1-3H3;5-7H,1H2,2-4H3;;5H,1-4H2;3H,2H2,1H3/b9-7+;;6-5+;;8-7+,9-6-;;;. The van der Waals surface area contributed by atoms with Crippen molar-refractivity contribution in [3.63, 3.8) is 0 Å². The van der Waals surface area contributed by atoms with Crippen LogP contribution in [0.5, 0.6) is 0 Å². The average Bonchev–Trinajstić information content (AvgIpc) is 1.48. The van der Waals surface area contributed by atoms with E-state index in [1.165, 1.54) is 37.0 Å². The molecule has 548 valence electrons. The van der Waals surface area contributed by atoms with Gasteiger partial charge in [-0.25, -0.2) is 9.59 Å². The summed E-state index contributed by atoms with van der Waals surface area (Å²) in [6.45, 7) is 37.0. The predicted octanol–water partition coefficient (Wildman–Crippen LogP) is 9.25. The number of nitrogens with zero attached hydrogens (tertiary/aromatic N) is 2. The van der Waals surface area contributed by atoms with Crippen LogP contribution in [0, 0.1) is 23.7 Å². The number of aliphatic hydroxyl groups is 1. The van der Waals surface area contributed by atoms with E-state index in [9.17, 15) is 50.3 Å². The van der Waals surface area contributed by atoms with E-state index in [-0.39, 0.29) is 30.6 Å². The van der Waals surface area contributed by atoms with Gasteiger partial charge in [-0.3, -0.25) is 24.2 Å². The molecule has 0 spiro atoms. The minimum atomic E-state index is -5.77. The van der Waals surface area contributed by atoms with Crippen molar-refractivity contribution in [2.45, 2.75) is 79.1 Å². The molecule has 0 radical (unpaired) electrons. The molecule has 5 unspecified atom stereocenters. The highest BCUT2D eigenvalue weighted by Crippen LogP contribution is 2.28. The van der Waals surface area contributed by atoms with Gasteiger partial charge in [0.1, 0.15) is 17.3 Å². The summed E-state index contributed by atoms with van der Waals surface area (Å²) in [5.74, 6) is -3.20. The van der Waals surface area contributed by atoms with Crippen LogP contribution in [0.2, 0.25) is 0 Å². The molecule has 3 fully saturated rings. The lowest BCUT2D eigenvalue weighted by atomic mass is 9.89. The second-order valence-electron chi connectivity index (χ2n) is 22.2. The maximum absolute atomic E-state index is 11.3. The summed E-state index contributed by atoms with van der Waals surface area (Å²) in [6, 6.07) is 6.89. The molecule has 0 saturated carbocycles. The Balaban J connectivity index is 0.000000584. The summed E-state index contributed by atoms with van der Waals surface area (Å²) in [4.78, 5) is 57.5. The van der Waals surface area contributed by atoms with Crippen molar-refractivity contribution in [2.24, 2.45) is 23.7 Å². The molecule has 0 aromatic heterocycles. The van der Waals surface area contributed by atoms with Gasteiger partial charge >= 0.3 is 35.9 Å². The molecular weight excluding hydrogens is 1290 g/mol. The van der Waals surface area contributed by atoms with Crippen LogP contribution in [0.15, 0.2) is 163 Å². The van der Waals surface area contributed by atoms with Crippen LogP contribution in [0.4, 0.5) is 26.3 Å². The number of aliphatic hydroxyl groups excluding tert-OH is 1. The molecule has 1 amide bonds. The number of hydrogen-bond donors (Lipinski definition) is 5. The zero-order valence-corrected chi connectivity index (χ0v) is 58.7. The van der Waals surface area contributed by atoms with Crippen molar-refractivity contribution in [3.8, 4) is 0 Å². The highest BCUT2D eigenvalue weighted by atomic mass is 19.4. The quantitative estimate of drug-likeness (QED) is 0.0165. The molecule has 5 aliphatic heterocycles. The van der Waals surface area contributed by atoms with E-state index >= 15 is 0 Å². The summed E-state index contributed by atoms with van der Waals surface area (Å²) >= 11 is 0. The van der Waals surface area contributed by atoms with Gasteiger partial charge in [-0.15, -0.1) is 6.58 Å². The van der Waals surface area contributed by atoms with E-state index in [2.05, 4.69) is 104 Å². The number of morpholine rings is 2. The molecule has 5 N–H and O–H groups in total. The zero-order chi connectivity index (χ0) is 73.6. The number of carbonyl (C=O) groups is 5. The number of ketones is 2. The molecule has 26 heteroatoms. The van der Waals surface area contributed by atoms with Gasteiger partial charge < -0.3 is 64.3 Å². The fourth-order valence-electron chi connectivity index (χ4n) is 9.55. The molecule has 5 atom stereocenters. The topological polar surface area (TPSA) is 234 Å². The van der Waals surface area contributed by atoms with Crippen LogP contribution in [0.3, 0.4) is 0 Å². The van der Waals surface area contributed by atoms with Crippen LogP contribution in [-0.4, -0.2) is 204 Å². The van der Waals surface area contributed by atoms with Gasteiger partial charge in [-0.1, -0.05) is 99.9 Å². The van der Waals surface area contributed by atoms with Crippen molar-refractivity contribution in [2.75, 3.05) is 141 Å². The first kappa shape index (κ1) is 88.5. The van der Waals surface area contributed by atoms with Crippen LogP contribution in [0.1, 0.15) is 57.7 Å². The summed E-state index contributed by atoms with van der Waals surface area (Å²) in [5.41, 5.74) is 8.42. The minimum absolute atomic E-state index is 0.0118. The van der Waals surface area contributed by atoms with E-state index in [0.29, 0.717) is 41.5 Å². The largest absolute Gasteiger partial charge is 0.501 e. The second-order valence-corrected chi connectivity index (χ2v) is 22.2. The van der Waals surface area contributed by atoms with Gasteiger partial charge in [-0.2, -0.15) is 26.3 Å². The Morgan fingerprint density at radius 2 is 1.34 bits per heavy atom. The Morgan fingerprint density at radius 3 is 1.84 bits per heavy atom. The molecule has 98 heavy (non-hydrogen) atoms. The fraction of sp³-hybridized carbons (Fsp3) is 0.514. The summed E-state index contributed by atoms with van der Waals surface area (Å²) in [6.07, 6.45) is 15.1. The number of allylic oxidation sites excluding steroid dienone is 5. The van der Waals surface area contributed by atoms with Crippen LogP contribution >= 0.6 is 0 Å². The first-order chi connectivity index (χ1) is 46.7. The lowest BCUT2D eigenvalue weighted by Gasteiger charge is -2.26. The Kier molecular flexibility index (Phi) is 45.0. The third kappa shape index (κ3) is 35.3. The SMILES string of the molecule is C1COCCN1.C=C/C(=C\C(=C\C)OC)OC.C=CC1=C(/C=C/C(=O)OC)CN(CC2=C(OC)CC(OC)C=C2)C1.C=CC1CNCC1/C=C/C(=O)NCC.CCO.COC(=O)C1=CC(C)C(C)C=C1.O=C(C(=O)C(F)(F)F)C(F)(F)F.c1cc2c(cc1CN1CCOCC1)CNC2. The number of benzene rings is 1. The summed E-state index contributed by atoms with van der Waals surface area (Å²) < 4.78 is 107. The van der Waals surface area contributed by atoms with E-state index in [0.717, 1.165) is 140 Å². The number of hydrogen-bond acceptors (Lipinski definition) is 19. The Bertz CT molecular complexity index is 2910. The van der Waals surface area contributed by atoms with Crippen molar-refractivity contribution < 1.29 is 93.3 Å². The number of ether oxygens (including phenoxy) is 8. The first-order valence-corrected chi connectivity index (χ1v) is 32.1. The highest BCUT2D eigenvalue weighted by Gasteiger charge is 2.54. The summed E-state index contributed by atoms with van der Waals surface area (Å²) in [5, 5.41) is 20.1. The number of methoxy groups -OCH3 is 6. The van der Waals surface area contributed by atoms with Gasteiger partial charge in [0.25, 0.3) is 0 Å². The molecule has 20 nitrogen and oxygen atoms in total. The zero-order valence-electron chi connectivity index (χ0n) is 58.7. The number of likely N-dealkylation sites (N-methyl/N-ethyl adjacent to an activating group) is 1. The van der Waals surface area contributed by atoms with Crippen molar-refractivity contribution in [1.29, 1.82) is 0 Å². The number of nitrogens with one attached hydrogen (secondary N) is 4. The lowest BCUT2D eigenvalue weighted by molar-refractivity contribution is -0.193. The van der Waals surface area contributed by atoms with E-state index in [4.69, 9.17) is 33.5 Å². The summed E-state index contributed by atoms with van der Waals surface area (Å²) in [7, 11) is 9.38. The Labute approximate surface area is 574 Å². The maximum Gasteiger partial charge on any atom is 0.458 e. The number of alkyl halides is 6. The number of Topliss-reactive ketones (excluding diaryl/α,β-unsaturated/α-hetero) is 2. The first-order valence-electron chi connectivity index (χ1n) is 32.1. The third-order valence-corrected chi connectivity index (χ3v) is 15.2. The predicted molar refractivity (Wildman–Crippen MR) is 367 cm³/mol. The van der Waals surface area contributed by atoms with Crippen molar-refractivity contribution in [3.05, 3.63) is 179 Å². The van der Waals surface area contributed by atoms with Crippen molar-refractivity contribution in [1.82, 2.24) is 31.1 Å². The maximum atomic E-state index is 11.3. The van der Waals surface area contributed by atoms with E-state index in [1.807, 2.05) is 62.5 Å². The monoisotopic (exact) mass is 1390 g/mol. The minimum Gasteiger partial charge on any atom is -0.501 e. The van der Waals surface area contributed by atoms with Gasteiger partial charge in [0.05, 0.1) is 73.7 Å². The van der Waals surface area contributed by atoms with Gasteiger partial charge in [0, 0.05) is 123 Å². The van der Waals surface area contributed by atoms with Crippen LogP contribution < -0.4 is 21.3 Å².